The molecule has 0 saturated heterocycles. The van der Waals surface area contributed by atoms with Gasteiger partial charge in [0, 0.05) is 12.7 Å². The zero-order valence-corrected chi connectivity index (χ0v) is 12.3. The maximum absolute atomic E-state index is 11.4. The highest BCUT2D eigenvalue weighted by molar-refractivity contribution is 5.85. The minimum absolute atomic E-state index is 0.104. The molecule has 1 aromatic heterocycles. The molecule has 1 aromatic rings. The summed E-state index contributed by atoms with van der Waals surface area (Å²) in [7, 11) is 1.33. The average Bonchev–Trinajstić information content (AvgIpc) is 2.53. The van der Waals surface area contributed by atoms with E-state index in [1.165, 1.54) is 39.2 Å². The molecule has 0 atom stereocenters. The Labute approximate surface area is 120 Å². The molecule has 110 valence electrons. The van der Waals surface area contributed by atoms with E-state index in [-0.39, 0.29) is 5.82 Å². The molecule has 1 fully saturated rings. The topological polar surface area (TPSA) is 64.1 Å². The van der Waals surface area contributed by atoms with Crippen LogP contribution >= 0.6 is 0 Å². The van der Waals surface area contributed by atoms with E-state index in [1.807, 2.05) is 0 Å². The molecule has 0 amide bonds. The van der Waals surface area contributed by atoms with Crippen molar-refractivity contribution in [2.45, 2.75) is 39.0 Å². The van der Waals surface area contributed by atoms with Gasteiger partial charge in [-0.15, -0.1) is 0 Å². The number of hydrogen-bond acceptors (Lipinski definition) is 5. The van der Waals surface area contributed by atoms with Crippen LogP contribution in [0.2, 0.25) is 0 Å². The molecule has 5 heteroatoms. The summed E-state index contributed by atoms with van der Waals surface area (Å²) in [6.07, 6.45) is 8.10. The number of rotatable bonds is 5. The summed E-state index contributed by atoms with van der Waals surface area (Å²) in [6, 6.07) is 1.78. The Hall–Kier alpha value is -1.65. The van der Waals surface area contributed by atoms with Gasteiger partial charge >= 0.3 is 5.97 Å². The Bertz CT molecular complexity index is 442. The van der Waals surface area contributed by atoms with Crippen molar-refractivity contribution < 1.29 is 9.53 Å². The molecule has 1 heterocycles. The molecule has 1 aliphatic rings. The minimum Gasteiger partial charge on any atom is -0.463 e. The van der Waals surface area contributed by atoms with E-state index in [0.717, 1.165) is 12.5 Å². The van der Waals surface area contributed by atoms with E-state index >= 15 is 0 Å². The Morgan fingerprint density at radius 3 is 2.70 bits per heavy atom. The Kier molecular flexibility index (Phi) is 5.32. The predicted octanol–water partition coefficient (Wildman–Crippen LogP) is 2.89. The molecule has 2 rings (SSSR count). The molecule has 1 N–H and O–H groups in total. The number of carbonyl (C=O) groups excluding carboxylic acids is 1. The van der Waals surface area contributed by atoms with E-state index in [4.69, 9.17) is 0 Å². The van der Waals surface area contributed by atoms with Gasteiger partial charge in [-0.3, -0.25) is 0 Å². The highest BCUT2D eigenvalue weighted by Gasteiger charge is 2.19. The number of aromatic nitrogens is 2. The predicted molar refractivity (Wildman–Crippen MR) is 77.6 cm³/mol. The van der Waals surface area contributed by atoms with Crippen molar-refractivity contribution in [3.05, 3.63) is 18.1 Å². The monoisotopic (exact) mass is 277 g/mol. The first-order chi connectivity index (χ1) is 9.72. The minimum atomic E-state index is -0.503. The van der Waals surface area contributed by atoms with Gasteiger partial charge in [0.15, 0.2) is 0 Å². The number of carbonyl (C=O) groups is 1. The van der Waals surface area contributed by atoms with Gasteiger partial charge in [0.2, 0.25) is 5.82 Å². The molecular weight excluding hydrogens is 254 g/mol. The summed E-state index contributed by atoms with van der Waals surface area (Å²) in [5, 5.41) is 3.31. The third-order valence-electron chi connectivity index (χ3n) is 4.14. The van der Waals surface area contributed by atoms with Gasteiger partial charge in [-0.05, 0) is 30.7 Å². The highest BCUT2D eigenvalue weighted by Crippen LogP contribution is 2.30. The second-order valence-corrected chi connectivity index (χ2v) is 5.43. The van der Waals surface area contributed by atoms with Crippen molar-refractivity contribution in [3.8, 4) is 0 Å². The molecule has 1 saturated carbocycles. The summed E-state index contributed by atoms with van der Waals surface area (Å²) >= 11 is 0. The lowest BCUT2D eigenvalue weighted by Gasteiger charge is -2.27. The second kappa shape index (κ2) is 7.22. The first-order valence-corrected chi connectivity index (χ1v) is 7.38. The fourth-order valence-corrected chi connectivity index (χ4v) is 2.74. The highest BCUT2D eigenvalue weighted by atomic mass is 16.5. The quantitative estimate of drug-likeness (QED) is 0.838. The molecule has 0 aliphatic heterocycles. The van der Waals surface area contributed by atoms with Crippen LogP contribution in [-0.4, -0.2) is 29.6 Å². The molecule has 0 aromatic carbocycles. The van der Waals surface area contributed by atoms with E-state index < -0.39 is 5.97 Å². The van der Waals surface area contributed by atoms with Crippen LogP contribution < -0.4 is 5.32 Å². The summed E-state index contributed by atoms with van der Waals surface area (Å²) in [5.41, 5.74) is 0. The van der Waals surface area contributed by atoms with Crippen molar-refractivity contribution in [2.24, 2.45) is 11.8 Å². The van der Waals surface area contributed by atoms with E-state index in [1.54, 1.807) is 12.3 Å². The fraction of sp³-hybridized carbons (Fsp3) is 0.667. The summed E-state index contributed by atoms with van der Waals surface area (Å²) in [5.74, 6) is 1.91. The third-order valence-corrected chi connectivity index (χ3v) is 4.14. The average molecular weight is 277 g/mol. The van der Waals surface area contributed by atoms with Gasteiger partial charge in [-0.25, -0.2) is 14.8 Å². The number of ether oxygens (including phenoxy) is 1. The van der Waals surface area contributed by atoms with Crippen LogP contribution in [0.3, 0.4) is 0 Å². The first-order valence-electron chi connectivity index (χ1n) is 7.38. The third kappa shape index (κ3) is 3.92. The summed E-state index contributed by atoms with van der Waals surface area (Å²) in [6.45, 7) is 3.19. The van der Waals surface area contributed by atoms with E-state index in [9.17, 15) is 4.79 Å². The number of hydrogen-bond donors (Lipinski definition) is 1. The summed E-state index contributed by atoms with van der Waals surface area (Å²) in [4.78, 5) is 19.4. The van der Waals surface area contributed by atoms with Crippen LogP contribution in [0, 0.1) is 11.8 Å². The zero-order chi connectivity index (χ0) is 14.4. The standard InChI is InChI=1S/C15H23N3O2/c1-3-11-4-6-12(7-5-11)10-17-13-8-9-16-14(18-13)15(19)20-2/h8-9,11-12H,3-7,10H2,1-2H3,(H,16,17,18). The molecule has 20 heavy (non-hydrogen) atoms. The van der Waals surface area contributed by atoms with Gasteiger partial charge in [0.05, 0.1) is 7.11 Å². The van der Waals surface area contributed by atoms with Crippen molar-refractivity contribution in [3.63, 3.8) is 0 Å². The maximum Gasteiger partial charge on any atom is 0.376 e. The fourth-order valence-electron chi connectivity index (χ4n) is 2.74. The van der Waals surface area contributed by atoms with Crippen LogP contribution in [0.5, 0.6) is 0 Å². The smallest absolute Gasteiger partial charge is 0.376 e. The largest absolute Gasteiger partial charge is 0.463 e. The van der Waals surface area contributed by atoms with Crippen molar-refractivity contribution in [2.75, 3.05) is 19.0 Å². The van der Waals surface area contributed by atoms with Gasteiger partial charge in [0.25, 0.3) is 0 Å². The van der Waals surface area contributed by atoms with E-state index in [2.05, 4.69) is 26.9 Å². The number of nitrogens with zero attached hydrogens (tertiary/aromatic N) is 2. The summed E-state index contributed by atoms with van der Waals surface area (Å²) < 4.78 is 4.62. The molecule has 5 nitrogen and oxygen atoms in total. The van der Waals surface area contributed by atoms with Gasteiger partial charge in [-0.2, -0.15) is 0 Å². The lowest BCUT2D eigenvalue weighted by Crippen LogP contribution is -2.21. The lowest BCUT2D eigenvalue weighted by atomic mass is 9.81. The van der Waals surface area contributed by atoms with Crippen LogP contribution in [-0.2, 0) is 4.74 Å². The van der Waals surface area contributed by atoms with Gasteiger partial charge in [0.1, 0.15) is 5.82 Å². The number of anilines is 1. The molecule has 0 unspecified atom stereocenters. The van der Waals surface area contributed by atoms with Crippen molar-refractivity contribution in [1.29, 1.82) is 0 Å². The zero-order valence-electron chi connectivity index (χ0n) is 12.3. The molecule has 0 bridgehead atoms. The lowest BCUT2D eigenvalue weighted by molar-refractivity contribution is 0.0587. The van der Waals surface area contributed by atoms with Gasteiger partial charge in [-0.1, -0.05) is 26.2 Å². The number of methoxy groups -OCH3 is 1. The first kappa shape index (κ1) is 14.8. The normalized spacial score (nSPS) is 22.3. The van der Waals surface area contributed by atoms with Crippen LogP contribution in [0.4, 0.5) is 5.82 Å². The molecular formula is C15H23N3O2. The Morgan fingerprint density at radius 2 is 2.05 bits per heavy atom. The number of nitrogens with one attached hydrogen (secondary N) is 1. The molecule has 0 spiro atoms. The van der Waals surface area contributed by atoms with Gasteiger partial charge < -0.3 is 10.1 Å². The molecule has 0 radical (unpaired) electrons. The maximum atomic E-state index is 11.4. The van der Waals surface area contributed by atoms with Crippen molar-refractivity contribution >= 4 is 11.8 Å². The second-order valence-electron chi connectivity index (χ2n) is 5.43. The Balaban J connectivity index is 1.84. The Morgan fingerprint density at radius 1 is 1.35 bits per heavy atom. The van der Waals surface area contributed by atoms with Crippen LogP contribution in [0.25, 0.3) is 0 Å². The number of esters is 1. The van der Waals surface area contributed by atoms with Crippen LogP contribution in [0.1, 0.15) is 49.6 Å². The van der Waals surface area contributed by atoms with Crippen molar-refractivity contribution in [1.82, 2.24) is 9.97 Å². The van der Waals surface area contributed by atoms with Crippen LogP contribution in [0.15, 0.2) is 12.3 Å². The molecule has 1 aliphatic carbocycles. The SMILES string of the molecule is CCC1CCC(CNc2ccnc(C(=O)OC)n2)CC1. The van der Waals surface area contributed by atoms with E-state index in [0.29, 0.717) is 11.7 Å².